The number of ether oxygens (including phenoxy) is 1. The summed E-state index contributed by atoms with van der Waals surface area (Å²) in [7, 11) is 0. The maximum absolute atomic E-state index is 13.0. The van der Waals surface area contributed by atoms with Crippen LogP contribution in [0.1, 0.15) is 12.5 Å². The lowest BCUT2D eigenvalue weighted by atomic mass is 10.2. The summed E-state index contributed by atoms with van der Waals surface area (Å²) in [5, 5.41) is 0. The summed E-state index contributed by atoms with van der Waals surface area (Å²) in [6, 6.07) is 12.1. The highest BCUT2D eigenvalue weighted by atomic mass is 19.1. The van der Waals surface area contributed by atoms with E-state index in [0.29, 0.717) is 19.1 Å². The second kappa shape index (κ2) is 5.44. The molecule has 3 rings (SSSR count). The first-order valence-electron chi connectivity index (χ1n) is 6.81. The molecule has 0 radical (unpaired) electrons. The van der Waals surface area contributed by atoms with Crippen molar-refractivity contribution in [1.82, 2.24) is 9.55 Å². The fourth-order valence-electron chi connectivity index (χ4n) is 2.35. The Labute approximate surface area is 122 Å². The molecule has 108 valence electrons. The molecule has 0 saturated heterocycles. The highest BCUT2D eigenvalue weighted by Gasteiger charge is 2.12. The normalized spacial score (nSPS) is 11.0. The van der Waals surface area contributed by atoms with E-state index in [-0.39, 0.29) is 5.82 Å². The third-order valence-electron chi connectivity index (χ3n) is 3.33. The predicted octanol–water partition coefficient (Wildman–Crippen LogP) is 3.20. The van der Waals surface area contributed by atoms with E-state index in [4.69, 9.17) is 10.5 Å². The van der Waals surface area contributed by atoms with Gasteiger partial charge in [-0.1, -0.05) is 18.2 Å². The molecule has 21 heavy (non-hydrogen) atoms. The summed E-state index contributed by atoms with van der Waals surface area (Å²) in [5.41, 5.74) is 8.63. The summed E-state index contributed by atoms with van der Waals surface area (Å²) in [6.45, 7) is 3.04. The van der Waals surface area contributed by atoms with Crippen LogP contribution in [0.4, 0.5) is 10.3 Å². The van der Waals surface area contributed by atoms with Crippen LogP contribution in [0.25, 0.3) is 11.0 Å². The van der Waals surface area contributed by atoms with Crippen LogP contribution in [0.2, 0.25) is 0 Å². The molecular weight excluding hydrogens is 269 g/mol. The van der Waals surface area contributed by atoms with Crippen LogP contribution in [0, 0.1) is 5.82 Å². The molecule has 4 nitrogen and oxygen atoms in total. The molecule has 2 aromatic carbocycles. The fourth-order valence-corrected chi connectivity index (χ4v) is 2.35. The number of benzene rings is 2. The van der Waals surface area contributed by atoms with Crippen molar-refractivity contribution in [3.63, 3.8) is 0 Å². The van der Waals surface area contributed by atoms with Crippen molar-refractivity contribution in [2.75, 3.05) is 12.3 Å². The van der Waals surface area contributed by atoms with E-state index in [9.17, 15) is 4.39 Å². The molecule has 0 aliphatic rings. The second-order valence-corrected chi connectivity index (χ2v) is 4.74. The van der Waals surface area contributed by atoms with E-state index in [1.54, 1.807) is 12.1 Å². The minimum atomic E-state index is -0.249. The van der Waals surface area contributed by atoms with E-state index in [1.165, 1.54) is 12.1 Å². The van der Waals surface area contributed by atoms with Gasteiger partial charge in [-0.3, -0.25) is 0 Å². The molecule has 1 heterocycles. The van der Waals surface area contributed by atoms with E-state index in [1.807, 2.05) is 29.7 Å². The number of nitrogen functional groups attached to an aromatic ring is 1. The maximum Gasteiger partial charge on any atom is 0.201 e. The molecule has 0 saturated carbocycles. The fraction of sp³-hybridized carbons (Fsp3) is 0.188. The first-order valence-corrected chi connectivity index (χ1v) is 6.81. The van der Waals surface area contributed by atoms with E-state index >= 15 is 0 Å². The first kappa shape index (κ1) is 13.4. The van der Waals surface area contributed by atoms with Gasteiger partial charge in [-0.05, 0) is 36.8 Å². The third kappa shape index (κ3) is 2.54. The van der Waals surface area contributed by atoms with Crippen LogP contribution in [0.15, 0.2) is 42.5 Å². The minimum absolute atomic E-state index is 0.249. The van der Waals surface area contributed by atoms with Crippen molar-refractivity contribution < 1.29 is 9.13 Å². The largest absolute Gasteiger partial charge is 0.492 e. The summed E-state index contributed by atoms with van der Waals surface area (Å²) in [5.74, 6) is 0.891. The van der Waals surface area contributed by atoms with Gasteiger partial charge in [-0.2, -0.15) is 0 Å². The molecule has 0 spiro atoms. The highest BCUT2D eigenvalue weighted by molar-refractivity contribution is 5.84. The van der Waals surface area contributed by atoms with E-state index in [2.05, 4.69) is 4.98 Å². The van der Waals surface area contributed by atoms with Gasteiger partial charge in [0.2, 0.25) is 5.95 Å². The molecule has 0 atom stereocenters. The van der Waals surface area contributed by atoms with Gasteiger partial charge in [0.05, 0.1) is 18.7 Å². The standard InChI is InChI=1S/C16H16FN3O/c1-2-21-14-5-3-4-13-15(14)19-16(18)20(13)10-11-6-8-12(17)9-7-11/h3-9H,2,10H2,1H3,(H2,18,19). The zero-order chi connectivity index (χ0) is 14.8. The molecule has 0 bridgehead atoms. The molecule has 0 aliphatic heterocycles. The van der Waals surface area contributed by atoms with Gasteiger partial charge in [-0.25, -0.2) is 9.37 Å². The van der Waals surface area contributed by atoms with Gasteiger partial charge < -0.3 is 15.0 Å². The average Bonchev–Trinajstić information content (AvgIpc) is 2.79. The molecule has 0 fully saturated rings. The number of rotatable bonds is 4. The van der Waals surface area contributed by atoms with Crippen LogP contribution in [0.5, 0.6) is 5.75 Å². The Bertz CT molecular complexity index is 765. The number of fused-ring (bicyclic) bond motifs is 1. The number of anilines is 1. The Morgan fingerprint density at radius 1 is 1.19 bits per heavy atom. The topological polar surface area (TPSA) is 53.1 Å². The van der Waals surface area contributed by atoms with Gasteiger partial charge in [0.15, 0.2) is 0 Å². The Balaban J connectivity index is 2.04. The lowest BCUT2D eigenvalue weighted by molar-refractivity contribution is 0.343. The number of aromatic nitrogens is 2. The number of para-hydroxylation sites is 1. The van der Waals surface area contributed by atoms with Crippen LogP contribution in [0.3, 0.4) is 0 Å². The number of nitrogens with two attached hydrogens (primary N) is 1. The maximum atomic E-state index is 13.0. The first-order chi connectivity index (χ1) is 10.2. The van der Waals surface area contributed by atoms with Gasteiger partial charge in [-0.15, -0.1) is 0 Å². The smallest absolute Gasteiger partial charge is 0.201 e. The molecular formula is C16H16FN3O. The van der Waals surface area contributed by atoms with Crippen molar-refractivity contribution >= 4 is 17.0 Å². The average molecular weight is 285 g/mol. The third-order valence-corrected chi connectivity index (χ3v) is 3.33. The van der Waals surface area contributed by atoms with Crippen LogP contribution >= 0.6 is 0 Å². The van der Waals surface area contributed by atoms with Crippen molar-refractivity contribution in [3.05, 3.63) is 53.8 Å². The Hall–Kier alpha value is -2.56. The Kier molecular flexibility index (Phi) is 3.48. The zero-order valence-electron chi connectivity index (χ0n) is 11.7. The summed E-state index contributed by atoms with van der Waals surface area (Å²) >= 11 is 0. The highest BCUT2D eigenvalue weighted by Crippen LogP contribution is 2.27. The number of nitrogens with zero attached hydrogens (tertiary/aromatic N) is 2. The van der Waals surface area contributed by atoms with Gasteiger partial charge in [0.25, 0.3) is 0 Å². The van der Waals surface area contributed by atoms with Crippen molar-refractivity contribution in [3.8, 4) is 5.75 Å². The van der Waals surface area contributed by atoms with Crippen LogP contribution < -0.4 is 10.5 Å². The predicted molar refractivity (Wildman–Crippen MR) is 80.8 cm³/mol. The minimum Gasteiger partial charge on any atom is -0.492 e. The lowest BCUT2D eigenvalue weighted by Crippen LogP contribution is -2.04. The molecule has 1 aromatic heterocycles. The number of halogens is 1. The van der Waals surface area contributed by atoms with Crippen molar-refractivity contribution in [2.24, 2.45) is 0 Å². The van der Waals surface area contributed by atoms with Crippen LogP contribution in [-0.4, -0.2) is 16.2 Å². The summed E-state index contributed by atoms with van der Waals surface area (Å²) in [4.78, 5) is 4.39. The SMILES string of the molecule is CCOc1cccc2c1nc(N)n2Cc1ccc(F)cc1. The van der Waals surface area contributed by atoms with Crippen molar-refractivity contribution in [2.45, 2.75) is 13.5 Å². The second-order valence-electron chi connectivity index (χ2n) is 4.74. The summed E-state index contributed by atoms with van der Waals surface area (Å²) in [6.07, 6.45) is 0. The summed E-state index contributed by atoms with van der Waals surface area (Å²) < 4.78 is 20.4. The molecule has 5 heteroatoms. The van der Waals surface area contributed by atoms with Gasteiger partial charge in [0.1, 0.15) is 17.1 Å². The van der Waals surface area contributed by atoms with E-state index in [0.717, 1.165) is 22.3 Å². The van der Waals surface area contributed by atoms with Crippen molar-refractivity contribution in [1.29, 1.82) is 0 Å². The Morgan fingerprint density at radius 2 is 1.95 bits per heavy atom. The lowest BCUT2D eigenvalue weighted by Gasteiger charge is -2.07. The Morgan fingerprint density at radius 3 is 2.67 bits per heavy atom. The van der Waals surface area contributed by atoms with E-state index < -0.39 is 0 Å². The zero-order valence-corrected chi connectivity index (χ0v) is 11.7. The number of hydrogen-bond acceptors (Lipinski definition) is 3. The van der Waals surface area contributed by atoms with Gasteiger partial charge in [0, 0.05) is 0 Å². The molecule has 0 unspecified atom stereocenters. The van der Waals surface area contributed by atoms with Gasteiger partial charge >= 0.3 is 0 Å². The molecule has 2 N–H and O–H groups in total. The monoisotopic (exact) mass is 285 g/mol. The quantitative estimate of drug-likeness (QED) is 0.801. The van der Waals surface area contributed by atoms with Crippen LogP contribution in [-0.2, 0) is 6.54 Å². The molecule has 0 aliphatic carbocycles. The molecule has 0 amide bonds. The number of hydrogen-bond donors (Lipinski definition) is 1. The number of imidazole rings is 1. The molecule has 3 aromatic rings.